The van der Waals surface area contributed by atoms with E-state index in [0.29, 0.717) is 12.1 Å². The summed E-state index contributed by atoms with van der Waals surface area (Å²) in [5.41, 5.74) is 0.818. The quantitative estimate of drug-likeness (QED) is 0.742. The molecule has 90 valence electrons. The summed E-state index contributed by atoms with van der Waals surface area (Å²) in [6, 6.07) is 0. The molecule has 2 aromatic rings. The fraction of sp³-hybridized carbons (Fsp3) is 0.455. The van der Waals surface area contributed by atoms with Crippen LogP contribution in [0.25, 0.3) is 11.2 Å². The van der Waals surface area contributed by atoms with Crippen molar-refractivity contribution in [3.05, 3.63) is 18.9 Å². The summed E-state index contributed by atoms with van der Waals surface area (Å²) < 4.78 is 6.60. The van der Waals surface area contributed by atoms with Gasteiger partial charge in [0.2, 0.25) is 0 Å². The molecule has 0 atom stereocenters. The molecule has 6 nitrogen and oxygen atoms in total. The van der Waals surface area contributed by atoms with E-state index in [0.717, 1.165) is 5.65 Å². The fourth-order valence-corrected chi connectivity index (χ4v) is 1.70. The van der Waals surface area contributed by atoms with E-state index in [2.05, 4.69) is 15.0 Å². The molecule has 17 heavy (non-hydrogen) atoms. The highest BCUT2D eigenvalue weighted by Crippen LogP contribution is 2.21. The fourth-order valence-electron chi connectivity index (χ4n) is 1.70. The van der Waals surface area contributed by atoms with Gasteiger partial charge in [0.05, 0.1) is 25.0 Å². The summed E-state index contributed by atoms with van der Waals surface area (Å²) in [5, 5.41) is 0. The third-order valence-corrected chi connectivity index (χ3v) is 2.58. The molecule has 0 radical (unpaired) electrons. The van der Waals surface area contributed by atoms with Crippen molar-refractivity contribution in [2.24, 2.45) is 5.41 Å². The SMILES string of the molecule is COC(=O)C(C)(C)Cn1cnc2cncnc21. The Bertz CT molecular complexity index is 547. The molecular weight excluding hydrogens is 220 g/mol. The van der Waals surface area contributed by atoms with Gasteiger partial charge in [0.25, 0.3) is 0 Å². The normalized spacial score (nSPS) is 11.7. The summed E-state index contributed by atoms with van der Waals surface area (Å²) in [4.78, 5) is 23.8. The predicted octanol–water partition coefficient (Wildman–Crippen LogP) is 1.03. The smallest absolute Gasteiger partial charge is 0.313 e. The number of hydrogen-bond donors (Lipinski definition) is 0. The predicted molar refractivity (Wildman–Crippen MR) is 61.1 cm³/mol. The molecule has 0 saturated heterocycles. The average Bonchev–Trinajstić information content (AvgIpc) is 2.71. The molecule has 0 amide bonds. The highest BCUT2D eigenvalue weighted by atomic mass is 16.5. The number of carbonyl (C=O) groups excluding carboxylic acids is 1. The minimum Gasteiger partial charge on any atom is -0.469 e. The number of methoxy groups -OCH3 is 1. The van der Waals surface area contributed by atoms with Gasteiger partial charge in [-0.3, -0.25) is 4.79 Å². The number of ether oxygens (including phenoxy) is 1. The molecule has 0 unspecified atom stereocenters. The minimum absolute atomic E-state index is 0.256. The van der Waals surface area contributed by atoms with E-state index in [-0.39, 0.29) is 5.97 Å². The van der Waals surface area contributed by atoms with E-state index < -0.39 is 5.41 Å². The van der Waals surface area contributed by atoms with Crippen LogP contribution in [0.4, 0.5) is 0 Å². The Morgan fingerprint density at radius 1 is 1.47 bits per heavy atom. The van der Waals surface area contributed by atoms with Crippen molar-refractivity contribution in [2.45, 2.75) is 20.4 Å². The van der Waals surface area contributed by atoms with Crippen molar-refractivity contribution < 1.29 is 9.53 Å². The van der Waals surface area contributed by atoms with Crippen molar-refractivity contribution in [1.29, 1.82) is 0 Å². The molecule has 0 aliphatic heterocycles. The monoisotopic (exact) mass is 234 g/mol. The average molecular weight is 234 g/mol. The summed E-state index contributed by atoms with van der Waals surface area (Å²) in [7, 11) is 1.39. The molecule has 0 fully saturated rings. The zero-order valence-electron chi connectivity index (χ0n) is 10.0. The van der Waals surface area contributed by atoms with Crippen molar-refractivity contribution in [3.63, 3.8) is 0 Å². The number of esters is 1. The molecule has 2 aromatic heterocycles. The van der Waals surface area contributed by atoms with E-state index in [1.54, 1.807) is 12.5 Å². The first-order chi connectivity index (χ1) is 8.04. The highest BCUT2D eigenvalue weighted by Gasteiger charge is 2.29. The van der Waals surface area contributed by atoms with E-state index >= 15 is 0 Å². The maximum Gasteiger partial charge on any atom is 0.313 e. The molecule has 0 spiro atoms. The van der Waals surface area contributed by atoms with Crippen LogP contribution >= 0.6 is 0 Å². The minimum atomic E-state index is -0.618. The summed E-state index contributed by atoms with van der Waals surface area (Å²) in [6.07, 6.45) is 4.76. The van der Waals surface area contributed by atoms with Crippen molar-refractivity contribution >= 4 is 17.1 Å². The largest absolute Gasteiger partial charge is 0.469 e. The maximum atomic E-state index is 11.6. The lowest BCUT2D eigenvalue weighted by atomic mass is 9.94. The van der Waals surface area contributed by atoms with Crippen LogP contribution in [0.3, 0.4) is 0 Å². The van der Waals surface area contributed by atoms with Crippen LogP contribution in [0.1, 0.15) is 13.8 Å². The molecule has 0 aromatic carbocycles. The van der Waals surface area contributed by atoms with Crippen LogP contribution in [0, 0.1) is 5.41 Å². The maximum absolute atomic E-state index is 11.6. The molecule has 6 heteroatoms. The van der Waals surface area contributed by atoms with Gasteiger partial charge in [0.15, 0.2) is 5.65 Å². The number of carbonyl (C=O) groups is 1. The summed E-state index contributed by atoms with van der Waals surface area (Å²) in [5.74, 6) is -0.256. The Morgan fingerprint density at radius 3 is 2.94 bits per heavy atom. The molecule has 2 rings (SSSR count). The Kier molecular flexibility index (Phi) is 2.79. The molecule has 0 bridgehead atoms. The third kappa shape index (κ3) is 2.11. The van der Waals surface area contributed by atoms with Gasteiger partial charge >= 0.3 is 5.97 Å². The second-order valence-corrected chi connectivity index (χ2v) is 4.48. The summed E-state index contributed by atoms with van der Waals surface area (Å²) in [6.45, 7) is 4.12. The van der Waals surface area contributed by atoms with Crippen molar-refractivity contribution in [2.75, 3.05) is 7.11 Å². The number of aromatic nitrogens is 4. The van der Waals surface area contributed by atoms with Crippen LogP contribution < -0.4 is 0 Å². The van der Waals surface area contributed by atoms with Gasteiger partial charge in [0, 0.05) is 6.54 Å². The third-order valence-electron chi connectivity index (χ3n) is 2.58. The lowest BCUT2D eigenvalue weighted by molar-refractivity contribution is -0.151. The lowest BCUT2D eigenvalue weighted by Crippen LogP contribution is -2.30. The van der Waals surface area contributed by atoms with Gasteiger partial charge in [-0.25, -0.2) is 15.0 Å². The van der Waals surface area contributed by atoms with E-state index in [4.69, 9.17) is 4.74 Å². The van der Waals surface area contributed by atoms with Crippen molar-refractivity contribution in [3.8, 4) is 0 Å². The Hall–Kier alpha value is -1.98. The first-order valence-corrected chi connectivity index (χ1v) is 5.24. The van der Waals surface area contributed by atoms with Crippen LogP contribution in [0.5, 0.6) is 0 Å². The first kappa shape index (κ1) is 11.5. The number of nitrogens with zero attached hydrogens (tertiary/aromatic N) is 4. The van der Waals surface area contributed by atoms with Crippen LogP contribution in [-0.2, 0) is 16.1 Å². The van der Waals surface area contributed by atoms with Crippen LogP contribution in [0.2, 0.25) is 0 Å². The van der Waals surface area contributed by atoms with E-state index in [9.17, 15) is 4.79 Å². The molecular formula is C11H14N4O2. The zero-order valence-corrected chi connectivity index (χ0v) is 10.0. The first-order valence-electron chi connectivity index (χ1n) is 5.24. The number of fused-ring (bicyclic) bond motifs is 1. The van der Waals surface area contributed by atoms with Gasteiger partial charge in [-0.15, -0.1) is 0 Å². The molecule has 0 aliphatic rings. The summed E-state index contributed by atoms with van der Waals surface area (Å²) >= 11 is 0. The topological polar surface area (TPSA) is 69.9 Å². The van der Waals surface area contributed by atoms with Crippen LogP contribution in [-0.4, -0.2) is 32.6 Å². The number of rotatable bonds is 3. The zero-order chi connectivity index (χ0) is 12.5. The van der Waals surface area contributed by atoms with E-state index in [1.165, 1.54) is 13.4 Å². The van der Waals surface area contributed by atoms with Crippen LogP contribution in [0.15, 0.2) is 18.9 Å². The molecule has 0 saturated carbocycles. The number of imidazole rings is 1. The molecule has 0 N–H and O–H groups in total. The number of hydrogen-bond acceptors (Lipinski definition) is 5. The molecule has 0 aliphatic carbocycles. The second-order valence-electron chi connectivity index (χ2n) is 4.48. The Labute approximate surface area is 98.7 Å². The Balaban J connectivity index is 2.33. The van der Waals surface area contributed by atoms with Gasteiger partial charge < -0.3 is 9.30 Å². The van der Waals surface area contributed by atoms with E-state index in [1.807, 2.05) is 18.4 Å². The Morgan fingerprint density at radius 2 is 2.24 bits per heavy atom. The van der Waals surface area contributed by atoms with Crippen molar-refractivity contribution in [1.82, 2.24) is 19.5 Å². The van der Waals surface area contributed by atoms with Gasteiger partial charge in [0.1, 0.15) is 11.8 Å². The second kappa shape index (κ2) is 4.12. The molecule has 2 heterocycles. The highest BCUT2D eigenvalue weighted by molar-refractivity contribution is 5.76. The lowest BCUT2D eigenvalue weighted by Gasteiger charge is -2.21. The van der Waals surface area contributed by atoms with Gasteiger partial charge in [-0.1, -0.05) is 0 Å². The van der Waals surface area contributed by atoms with Gasteiger partial charge in [-0.2, -0.15) is 0 Å². The van der Waals surface area contributed by atoms with Gasteiger partial charge in [-0.05, 0) is 13.8 Å². The standard InChI is InChI=1S/C11H14N4O2/c1-11(2,10(16)17-3)5-15-7-14-8-4-12-6-13-9(8)15/h4,6-7H,5H2,1-3H3.